The lowest BCUT2D eigenvalue weighted by Gasteiger charge is -2.24. The molecular weight excluding hydrogens is 252 g/mol. The van der Waals surface area contributed by atoms with Crippen molar-refractivity contribution in [1.82, 2.24) is 10.2 Å². The van der Waals surface area contributed by atoms with Crippen LogP contribution in [-0.4, -0.2) is 41.8 Å². The van der Waals surface area contributed by atoms with Crippen LogP contribution in [0, 0.1) is 0 Å². The van der Waals surface area contributed by atoms with Gasteiger partial charge in [0.15, 0.2) is 0 Å². The molecule has 4 nitrogen and oxygen atoms in total. The second kappa shape index (κ2) is 13.2. The van der Waals surface area contributed by atoms with E-state index in [1.807, 2.05) is 18.7 Å². The summed E-state index contributed by atoms with van der Waals surface area (Å²) in [4.78, 5) is 14.0. The molecule has 0 aliphatic carbocycles. The fourth-order valence-electron chi connectivity index (χ4n) is 2.15. The molecule has 0 atom stereocenters. The molecule has 0 fully saturated rings. The second-order valence-electron chi connectivity index (χ2n) is 5.79. The highest BCUT2D eigenvalue weighted by atomic mass is 16.2. The number of aliphatic hydroxyl groups is 1. The summed E-state index contributed by atoms with van der Waals surface area (Å²) in [5, 5.41) is 11.8. The number of aliphatic hydroxyl groups excluding tert-OH is 1. The number of nitrogens with zero attached hydrogens (tertiary/aromatic N) is 1. The van der Waals surface area contributed by atoms with Crippen molar-refractivity contribution < 1.29 is 9.90 Å². The van der Waals surface area contributed by atoms with E-state index >= 15 is 0 Å². The smallest absolute Gasteiger partial charge is 0.317 e. The van der Waals surface area contributed by atoms with Crippen LogP contribution in [0.1, 0.15) is 72.1 Å². The van der Waals surface area contributed by atoms with Crippen molar-refractivity contribution in [3.63, 3.8) is 0 Å². The number of hydrogen-bond acceptors (Lipinski definition) is 2. The third kappa shape index (κ3) is 11.1. The molecule has 0 aromatic rings. The molecule has 0 aromatic carbocycles. The zero-order valence-corrected chi connectivity index (χ0v) is 13.7. The molecular formula is C16H34N2O2. The summed E-state index contributed by atoms with van der Waals surface area (Å²) in [7, 11) is 0. The SMILES string of the molecule is CCCCCCCN(CCCCCO)C(=O)NC(C)C. The van der Waals surface area contributed by atoms with Gasteiger partial charge in [-0.1, -0.05) is 32.6 Å². The number of urea groups is 1. The predicted octanol–water partition coefficient (Wildman–Crippen LogP) is 3.54. The van der Waals surface area contributed by atoms with Crippen LogP contribution in [0.5, 0.6) is 0 Å². The minimum Gasteiger partial charge on any atom is -0.396 e. The van der Waals surface area contributed by atoms with Gasteiger partial charge < -0.3 is 15.3 Å². The van der Waals surface area contributed by atoms with Gasteiger partial charge in [-0.15, -0.1) is 0 Å². The van der Waals surface area contributed by atoms with Crippen LogP contribution in [0.15, 0.2) is 0 Å². The normalized spacial score (nSPS) is 10.8. The van der Waals surface area contributed by atoms with E-state index in [1.165, 1.54) is 25.7 Å². The van der Waals surface area contributed by atoms with Gasteiger partial charge in [0.05, 0.1) is 0 Å². The third-order valence-electron chi connectivity index (χ3n) is 3.32. The van der Waals surface area contributed by atoms with E-state index in [2.05, 4.69) is 12.2 Å². The molecule has 0 radical (unpaired) electrons. The van der Waals surface area contributed by atoms with Gasteiger partial charge in [0.25, 0.3) is 0 Å². The van der Waals surface area contributed by atoms with Gasteiger partial charge in [0.2, 0.25) is 0 Å². The van der Waals surface area contributed by atoms with Crippen LogP contribution in [0.4, 0.5) is 4.79 Å². The van der Waals surface area contributed by atoms with Gasteiger partial charge in [-0.2, -0.15) is 0 Å². The highest BCUT2D eigenvalue weighted by Crippen LogP contribution is 2.06. The fraction of sp³-hybridized carbons (Fsp3) is 0.938. The van der Waals surface area contributed by atoms with Crippen molar-refractivity contribution in [2.45, 2.75) is 78.2 Å². The van der Waals surface area contributed by atoms with Crippen LogP contribution in [-0.2, 0) is 0 Å². The van der Waals surface area contributed by atoms with Crippen LogP contribution >= 0.6 is 0 Å². The molecule has 120 valence electrons. The monoisotopic (exact) mass is 286 g/mol. The van der Waals surface area contributed by atoms with Gasteiger partial charge in [0.1, 0.15) is 0 Å². The first-order valence-corrected chi connectivity index (χ1v) is 8.28. The molecule has 0 rings (SSSR count). The van der Waals surface area contributed by atoms with Gasteiger partial charge in [0, 0.05) is 25.7 Å². The van der Waals surface area contributed by atoms with Crippen LogP contribution in [0.25, 0.3) is 0 Å². The Labute approximate surface area is 124 Å². The van der Waals surface area contributed by atoms with Crippen molar-refractivity contribution in [3.8, 4) is 0 Å². The van der Waals surface area contributed by atoms with Crippen LogP contribution in [0.2, 0.25) is 0 Å². The van der Waals surface area contributed by atoms with E-state index < -0.39 is 0 Å². The maximum absolute atomic E-state index is 12.1. The summed E-state index contributed by atoms with van der Waals surface area (Å²) < 4.78 is 0. The Bertz CT molecular complexity index is 233. The average molecular weight is 286 g/mol. The molecule has 0 saturated heterocycles. The van der Waals surface area contributed by atoms with Crippen molar-refractivity contribution in [2.75, 3.05) is 19.7 Å². The van der Waals surface area contributed by atoms with Gasteiger partial charge in [-0.25, -0.2) is 4.79 Å². The largest absolute Gasteiger partial charge is 0.396 e. The summed E-state index contributed by atoms with van der Waals surface area (Å²) in [5.41, 5.74) is 0. The molecule has 2 N–H and O–H groups in total. The highest BCUT2D eigenvalue weighted by Gasteiger charge is 2.13. The zero-order chi connectivity index (χ0) is 15.2. The van der Waals surface area contributed by atoms with E-state index in [-0.39, 0.29) is 18.7 Å². The molecule has 20 heavy (non-hydrogen) atoms. The summed E-state index contributed by atoms with van der Waals surface area (Å²) in [6.07, 6.45) is 8.88. The Hall–Kier alpha value is -0.770. The van der Waals surface area contributed by atoms with E-state index in [9.17, 15) is 4.79 Å². The standard InChI is InChI=1S/C16H34N2O2/c1-4-5-6-7-9-12-18(13-10-8-11-14-19)16(20)17-15(2)3/h15,19H,4-14H2,1-3H3,(H,17,20). The summed E-state index contributed by atoms with van der Waals surface area (Å²) in [6.45, 7) is 8.08. The lowest BCUT2D eigenvalue weighted by Crippen LogP contribution is -2.43. The predicted molar refractivity (Wildman–Crippen MR) is 84.9 cm³/mol. The Kier molecular flexibility index (Phi) is 12.7. The van der Waals surface area contributed by atoms with Gasteiger partial charge in [-0.3, -0.25) is 0 Å². The number of nitrogens with one attached hydrogen (secondary N) is 1. The summed E-state index contributed by atoms with van der Waals surface area (Å²) >= 11 is 0. The van der Waals surface area contributed by atoms with Gasteiger partial charge >= 0.3 is 6.03 Å². The molecule has 4 heteroatoms. The first kappa shape index (κ1) is 19.2. The maximum Gasteiger partial charge on any atom is 0.317 e. The first-order valence-electron chi connectivity index (χ1n) is 8.28. The number of rotatable bonds is 12. The Morgan fingerprint density at radius 3 is 2.05 bits per heavy atom. The van der Waals surface area contributed by atoms with E-state index in [0.717, 1.165) is 38.8 Å². The molecule has 0 aliphatic heterocycles. The molecule has 0 spiro atoms. The van der Waals surface area contributed by atoms with Crippen LogP contribution < -0.4 is 5.32 Å². The summed E-state index contributed by atoms with van der Waals surface area (Å²) in [6, 6.07) is 0.238. The Morgan fingerprint density at radius 2 is 1.55 bits per heavy atom. The Morgan fingerprint density at radius 1 is 1.00 bits per heavy atom. The summed E-state index contributed by atoms with van der Waals surface area (Å²) in [5.74, 6) is 0. The number of amides is 2. The molecule has 0 aromatic heterocycles. The lowest BCUT2D eigenvalue weighted by molar-refractivity contribution is 0.192. The molecule has 0 aliphatic rings. The first-order chi connectivity index (χ1) is 9.61. The number of unbranched alkanes of at least 4 members (excludes halogenated alkanes) is 6. The molecule has 2 amide bonds. The lowest BCUT2D eigenvalue weighted by atomic mass is 10.1. The van der Waals surface area contributed by atoms with E-state index in [0.29, 0.717) is 0 Å². The minimum absolute atomic E-state index is 0.0551. The molecule has 0 heterocycles. The average Bonchev–Trinajstić information content (AvgIpc) is 2.40. The van der Waals surface area contributed by atoms with Crippen LogP contribution in [0.3, 0.4) is 0 Å². The molecule has 0 saturated carbocycles. The van der Waals surface area contributed by atoms with Crippen molar-refractivity contribution in [2.24, 2.45) is 0 Å². The quantitative estimate of drug-likeness (QED) is 0.539. The van der Waals surface area contributed by atoms with E-state index in [1.54, 1.807) is 0 Å². The van der Waals surface area contributed by atoms with Crippen molar-refractivity contribution in [3.05, 3.63) is 0 Å². The van der Waals surface area contributed by atoms with Gasteiger partial charge in [-0.05, 0) is 39.5 Å². The second-order valence-corrected chi connectivity index (χ2v) is 5.79. The minimum atomic E-state index is 0.0551. The van der Waals surface area contributed by atoms with Crippen molar-refractivity contribution in [1.29, 1.82) is 0 Å². The fourth-order valence-corrected chi connectivity index (χ4v) is 2.15. The van der Waals surface area contributed by atoms with E-state index in [4.69, 9.17) is 5.11 Å². The third-order valence-corrected chi connectivity index (χ3v) is 3.32. The highest BCUT2D eigenvalue weighted by molar-refractivity contribution is 5.74. The van der Waals surface area contributed by atoms with Crippen molar-refractivity contribution >= 4 is 6.03 Å². The topological polar surface area (TPSA) is 52.6 Å². The molecule has 0 unspecified atom stereocenters. The number of carbonyl (C=O) groups is 1. The zero-order valence-electron chi connectivity index (χ0n) is 13.7. The molecule has 0 bridgehead atoms. The number of hydrogen-bond donors (Lipinski definition) is 2. The maximum atomic E-state index is 12.1. The number of carbonyl (C=O) groups excluding carboxylic acids is 1. The Balaban J connectivity index is 4.00.